The zero-order valence-corrected chi connectivity index (χ0v) is 14.3. The normalized spacial score (nSPS) is 27.2. The summed E-state index contributed by atoms with van der Waals surface area (Å²) in [6.45, 7) is 1.77. The van der Waals surface area contributed by atoms with Gasteiger partial charge in [-0.3, -0.25) is 10.3 Å². The van der Waals surface area contributed by atoms with Crippen molar-refractivity contribution in [3.05, 3.63) is 23.4 Å². The number of nitrogens with one attached hydrogen (secondary N) is 1. The number of hydrogen-bond donors (Lipinski definition) is 4. The molecule has 2 aliphatic rings. The van der Waals surface area contributed by atoms with Gasteiger partial charge in [0.25, 0.3) is 0 Å². The van der Waals surface area contributed by atoms with Crippen molar-refractivity contribution in [1.29, 1.82) is 0 Å². The maximum atomic E-state index is 10.4. The Bertz CT molecular complexity index is 488. The largest absolute Gasteiger partial charge is 0.479 e. The van der Waals surface area contributed by atoms with Crippen molar-refractivity contribution in [2.24, 2.45) is 11.8 Å². The number of aliphatic hydroxyl groups excluding tert-OH is 2. The molecule has 4 N–H and O–H groups in total. The van der Waals surface area contributed by atoms with Crippen molar-refractivity contribution in [3.63, 3.8) is 0 Å². The lowest BCUT2D eigenvalue weighted by atomic mass is 9.79. The van der Waals surface area contributed by atoms with E-state index in [1.807, 2.05) is 12.2 Å². The van der Waals surface area contributed by atoms with Crippen LogP contribution in [0.1, 0.15) is 51.9 Å². The van der Waals surface area contributed by atoms with Gasteiger partial charge < -0.3 is 15.3 Å². The van der Waals surface area contributed by atoms with Crippen LogP contribution in [0.5, 0.6) is 0 Å². The first kappa shape index (κ1) is 19.0. The Morgan fingerprint density at radius 1 is 1.38 bits per heavy atom. The molecule has 4 atom stereocenters. The average molecular weight is 339 g/mol. The Hall–Kier alpha value is -1.37. The number of aliphatic carboxylic acids is 1. The molecule has 0 saturated heterocycles. The average Bonchev–Trinajstić information content (AvgIpc) is 2.77. The third-order valence-electron chi connectivity index (χ3n) is 4.90. The molecular formula is C18H29NO5. The van der Waals surface area contributed by atoms with Gasteiger partial charge in [-0.25, -0.2) is 4.79 Å². The quantitative estimate of drug-likeness (QED) is 0.261. The molecule has 0 aromatic heterocycles. The number of allylic oxidation sites excluding steroid dienone is 1. The van der Waals surface area contributed by atoms with Gasteiger partial charge in [-0.05, 0) is 30.8 Å². The van der Waals surface area contributed by atoms with Crippen LogP contribution in [0.15, 0.2) is 23.4 Å². The molecule has 6 heteroatoms. The van der Waals surface area contributed by atoms with E-state index in [1.165, 1.54) is 12.8 Å². The first-order chi connectivity index (χ1) is 11.5. The van der Waals surface area contributed by atoms with E-state index >= 15 is 0 Å². The topological polar surface area (TPSA) is 99.0 Å². The summed E-state index contributed by atoms with van der Waals surface area (Å²) in [7, 11) is 0. The molecule has 0 heterocycles. The smallest absolute Gasteiger partial charge is 0.332 e. The van der Waals surface area contributed by atoms with Crippen molar-refractivity contribution in [2.75, 3.05) is 6.61 Å². The first-order valence-corrected chi connectivity index (χ1v) is 8.88. The van der Waals surface area contributed by atoms with Crippen molar-refractivity contribution in [2.45, 2.75) is 64.1 Å². The fourth-order valence-corrected chi connectivity index (χ4v) is 3.53. The van der Waals surface area contributed by atoms with Gasteiger partial charge in [0.15, 0.2) is 6.61 Å². The Labute approximate surface area is 143 Å². The molecule has 2 rings (SSSR count). The van der Waals surface area contributed by atoms with E-state index < -0.39 is 24.8 Å². The van der Waals surface area contributed by atoms with Crippen LogP contribution in [0.25, 0.3) is 0 Å². The predicted molar refractivity (Wildman–Crippen MR) is 89.9 cm³/mol. The summed E-state index contributed by atoms with van der Waals surface area (Å²) in [5.74, 6) is -0.737. The number of rotatable bonds is 11. The molecule has 3 unspecified atom stereocenters. The summed E-state index contributed by atoms with van der Waals surface area (Å²) in [5.41, 5.74) is 4.68. The number of fused-ring (bicyclic) bond motifs is 1. The first-order valence-electron chi connectivity index (χ1n) is 8.88. The molecule has 24 heavy (non-hydrogen) atoms. The van der Waals surface area contributed by atoms with Crippen LogP contribution in [-0.2, 0) is 9.63 Å². The van der Waals surface area contributed by atoms with Crippen LogP contribution in [0.3, 0.4) is 0 Å². The number of hydrogen-bond acceptors (Lipinski definition) is 5. The highest BCUT2D eigenvalue weighted by Crippen LogP contribution is 2.49. The van der Waals surface area contributed by atoms with E-state index in [-0.39, 0.29) is 11.8 Å². The van der Waals surface area contributed by atoms with Gasteiger partial charge in [0, 0.05) is 11.6 Å². The van der Waals surface area contributed by atoms with Crippen molar-refractivity contribution in [1.82, 2.24) is 5.48 Å². The Kier molecular flexibility index (Phi) is 7.27. The van der Waals surface area contributed by atoms with Gasteiger partial charge in [-0.1, -0.05) is 44.8 Å². The van der Waals surface area contributed by atoms with Crippen LogP contribution in [0.4, 0.5) is 0 Å². The van der Waals surface area contributed by atoms with Gasteiger partial charge in [0.05, 0.1) is 12.2 Å². The van der Waals surface area contributed by atoms with Crippen LogP contribution in [0.2, 0.25) is 0 Å². The SMILES string of the molecule is CCCCCCC(O)C=CC1C(O)CC2=C(NOCC(=O)O)C[C@H]21. The summed E-state index contributed by atoms with van der Waals surface area (Å²) < 4.78 is 0. The summed E-state index contributed by atoms with van der Waals surface area (Å²) in [4.78, 5) is 15.3. The molecular weight excluding hydrogens is 310 g/mol. The molecule has 0 bridgehead atoms. The number of unbranched alkanes of at least 4 members (excludes halogenated alkanes) is 3. The zero-order valence-electron chi connectivity index (χ0n) is 14.3. The van der Waals surface area contributed by atoms with Crippen LogP contribution >= 0.6 is 0 Å². The molecule has 0 aromatic carbocycles. The minimum atomic E-state index is -1.02. The van der Waals surface area contributed by atoms with Crippen LogP contribution in [0, 0.1) is 11.8 Å². The van der Waals surface area contributed by atoms with E-state index in [0.29, 0.717) is 6.42 Å². The Morgan fingerprint density at radius 2 is 2.17 bits per heavy atom. The van der Waals surface area contributed by atoms with Crippen molar-refractivity contribution < 1.29 is 25.0 Å². The maximum absolute atomic E-state index is 10.4. The molecule has 1 saturated carbocycles. The zero-order chi connectivity index (χ0) is 17.5. The van der Waals surface area contributed by atoms with Gasteiger partial charge in [-0.15, -0.1) is 0 Å². The van der Waals surface area contributed by atoms with E-state index in [1.54, 1.807) is 0 Å². The van der Waals surface area contributed by atoms with Gasteiger partial charge >= 0.3 is 5.97 Å². The van der Waals surface area contributed by atoms with Crippen LogP contribution < -0.4 is 5.48 Å². The molecule has 6 nitrogen and oxygen atoms in total. The Balaban J connectivity index is 1.78. The minimum Gasteiger partial charge on any atom is -0.479 e. The fourth-order valence-electron chi connectivity index (χ4n) is 3.53. The molecule has 0 amide bonds. The third kappa shape index (κ3) is 5.06. The van der Waals surface area contributed by atoms with E-state index in [9.17, 15) is 15.0 Å². The number of hydroxylamine groups is 1. The highest BCUT2D eigenvalue weighted by molar-refractivity contribution is 5.67. The number of aliphatic hydroxyl groups is 2. The van der Waals surface area contributed by atoms with Crippen molar-refractivity contribution >= 4 is 5.97 Å². The number of carboxylic acid groups (broad SMARTS) is 1. The molecule has 136 valence electrons. The lowest BCUT2D eigenvalue weighted by Crippen LogP contribution is -2.30. The summed E-state index contributed by atoms with van der Waals surface area (Å²) in [5, 5.41) is 28.8. The second-order valence-corrected chi connectivity index (χ2v) is 6.75. The van der Waals surface area contributed by atoms with Crippen LogP contribution in [-0.4, -0.2) is 40.1 Å². The maximum Gasteiger partial charge on any atom is 0.332 e. The van der Waals surface area contributed by atoms with Crippen molar-refractivity contribution in [3.8, 4) is 0 Å². The molecule has 0 aromatic rings. The summed E-state index contributed by atoms with van der Waals surface area (Å²) >= 11 is 0. The molecule has 2 aliphatic carbocycles. The molecule has 0 spiro atoms. The molecule has 1 fully saturated rings. The number of carbonyl (C=O) groups is 1. The second-order valence-electron chi connectivity index (χ2n) is 6.75. The Morgan fingerprint density at radius 3 is 2.88 bits per heavy atom. The summed E-state index contributed by atoms with van der Waals surface area (Å²) in [6.07, 6.45) is 9.51. The molecule has 0 aliphatic heterocycles. The predicted octanol–water partition coefficient (Wildman–Crippen LogP) is 2.13. The lowest BCUT2D eigenvalue weighted by molar-refractivity contribution is -0.144. The van der Waals surface area contributed by atoms with Gasteiger partial charge in [-0.2, -0.15) is 0 Å². The van der Waals surface area contributed by atoms with E-state index in [0.717, 1.165) is 37.0 Å². The minimum absolute atomic E-state index is 0.0234. The lowest BCUT2D eigenvalue weighted by Gasteiger charge is -2.31. The third-order valence-corrected chi connectivity index (χ3v) is 4.90. The molecule has 0 radical (unpaired) electrons. The van der Waals surface area contributed by atoms with Gasteiger partial charge in [0.2, 0.25) is 0 Å². The van der Waals surface area contributed by atoms with Gasteiger partial charge in [0.1, 0.15) is 0 Å². The highest BCUT2D eigenvalue weighted by atomic mass is 16.7. The standard InChI is InChI=1S/C18H29NO5/c1-2-3-4-5-6-12(20)7-8-13-14-9-16(15(14)10-17(13)21)19-24-11-18(22)23/h7-8,12-14,17,19-21H,2-6,9-11H2,1H3,(H,22,23)/t12?,13?,14-,17?/m0/s1. The fraction of sp³-hybridized carbons (Fsp3) is 0.722. The monoisotopic (exact) mass is 339 g/mol. The number of carboxylic acids is 1. The van der Waals surface area contributed by atoms with E-state index in [4.69, 9.17) is 9.94 Å². The highest BCUT2D eigenvalue weighted by Gasteiger charge is 2.44. The summed E-state index contributed by atoms with van der Waals surface area (Å²) in [6, 6.07) is 0. The second kappa shape index (κ2) is 9.20. The van der Waals surface area contributed by atoms with E-state index in [2.05, 4.69) is 12.4 Å².